The zero-order valence-electron chi connectivity index (χ0n) is 15.4. The number of aryl methyl sites for hydroxylation is 2. The van der Waals surface area contributed by atoms with E-state index in [1.54, 1.807) is 0 Å². The van der Waals surface area contributed by atoms with E-state index in [9.17, 15) is 4.79 Å². The molecule has 25 heavy (non-hydrogen) atoms. The lowest BCUT2D eigenvalue weighted by Crippen LogP contribution is -2.42. The van der Waals surface area contributed by atoms with E-state index < -0.39 is 0 Å². The Balaban J connectivity index is 1.47. The van der Waals surface area contributed by atoms with Crippen LogP contribution in [0.2, 0.25) is 0 Å². The van der Waals surface area contributed by atoms with Crippen molar-refractivity contribution in [1.29, 1.82) is 0 Å². The number of nitrogens with one attached hydrogen (secondary N) is 2. The minimum atomic E-state index is 0.0768. The Morgan fingerprint density at radius 2 is 2.04 bits per heavy atom. The van der Waals surface area contributed by atoms with Gasteiger partial charge in [0.05, 0.1) is 30.8 Å². The second-order valence-corrected chi connectivity index (χ2v) is 6.95. The highest BCUT2D eigenvalue weighted by Crippen LogP contribution is 2.17. The van der Waals surface area contributed by atoms with Crippen molar-refractivity contribution in [3.05, 3.63) is 29.1 Å². The van der Waals surface area contributed by atoms with Crippen LogP contribution in [0.1, 0.15) is 36.7 Å². The third-order valence-corrected chi connectivity index (χ3v) is 5.06. The van der Waals surface area contributed by atoms with Crippen LogP contribution in [0.3, 0.4) is 0 Å². The van der Waals surface area contributed by atoms with Gasteiger partial charge in [-0.05, 0) is 50.5 Å². The first-order valence-electron chi connectivity index (χ1n) is 9.07. The number of aromatic nitrogens is 2. The van der Waals surface area contributed by atoms with Crippen LogP contribution < -0.4 is 5.32 Å². The molecule has 136 valence electrons. The average Bonchev–Trinajstić information content (AvgIpc) is 3.00. The number of carbonyl (C=O) groups is 1. The largest absolute Gasteiger partial charge is 0.379 e. The van der Waals surface area contributed by atoms with Gasteiger partial charge in [0.25, 0.3) is 0 Å². The molecule has 0 saturated carbocycles. The molecule has 0 spiro atoms. The number of hydrogen-bond donors (Lipinski definition) is 2. The van der Waals surface area contributed by atoms with Crippen LogP contribution in [0.15, 0.2) is 12.1 Å². The maximum atomic E-state index is 12.1. The molecule has 1 fully saturated rings. The van der Waals surface area contributed by atoms with Crippen molar-refractivity contribution in [3.8, 4) is 0 Å². The number of hydrogen-bond acceptors (Lipinski definition) is 4. The molecule has 0 radical (unpaired) electrons. The molecule has 2 N–H and O–H groups in total. The van der Waals surface area contributed by atoms with Crippen LogP contribution in [0.5, 0.6) is 0 Å². The zero-order chi connectivity index (χ0) is 17.8. The molecule has 0 bridgehead atoms. The fourth-order valence-corrected chi connectivity index (χ4v) is 3.22. The number of H-pyrrole nitrogens is 1. The number of amides is 1. The van der Waals surface area contributed by atoms with Crippen molar-refractivity contribution in [1.82, 2.24) is 20.2 Å². The second kappa shape index (κ2) is 7.97. The van der Waals surface area contributed by atoms with Crippen molar-refractivity contribution in [2.24, 2.45) is 0 Å². The number of nitrogens with zero attached hydrogens (tertiary/aromatic N) is 2. The standard InChI is InChI=1S/C19H28N4O2/c1-13-10-16-17(11-14(13)2)22-18(21-16)12-20-19(24)5-4-15(3)23-6-8-25-9-7-23/h10-11,15H,4-9,12H2,1-3H3,(H,20,24)(H,21,22)/t15-/m0/s1. The van der Waals surface area contributed by atoms with E-state index in [1.165, 1.54) is 11.1 Å². The lowest BCUT2D eigenvalue weighted by atomic mass is 10.1. The summed E-state index contributed by atoms with van der Waals surface area (Å²) in [5, 5.41) is 2.97. The molecule has 1 aromatic carbocycles. The van der Waals surface area contributed by atoms with Gasteiger partial charge in [0, 0.05) is 25.6 Å². The summed E-state index contributed by atoms with van der Waals surface area (Å²) in [6.45, 7) is 10.3. The normalized spacial score (nSPS) is 16.9. The number of fused-ring (bicyclic) bond motifs is 1. The van der Waals surface area contributed by atoms with Crippen LogP contribution in [0, 0.1) is 13.8 Å². The van der Waals surface area contributed by atoms with Gasteiger partial charge in [0.15, 0.2) is 0 Å². The zero-order valence-corrected chi connectivity index (χ0v) is 15.4. The van der Waals surface area contributed by atoms with Crippen molar-refractivity contribution in [2.75, 3.05) is 26.3 Å². The van der Waals surface area contributed by atoms with E-state index in [2.05, 4.69) is 53.1 Å². The number of imidazole rings is 1. The van der Waals surface area contributed by atoms with Gasteiger partial charge in [-0.25, -0.2) is 4.98 Å². The number of rotatable bonds is 6. The predicted molar refractivity (Wildman–Crippen MR) is 98.5 cm³/mol. The second-order valence-electron chi connectivity index (χ2n) is 6.95. The molecule has 2 heterocycles. The highest BCUT2D eigenvalue weighted by Gasteiger charge is 2.17. The van der Waals surface area contributed by atoms with E-state index in [-0.39, 0.29) is 5.91 Å². The maximum absolute atomic E-state index is 12.1. The first-order chi connectivity index (χ1) is 12.0. The summed E-state index contributed by atoms with van der Waals surface area (Å²) in [6.07, 6.45) is 1.40. The van der Waals surface area contributed by atoms with Gasteiger partial charge in [-0.15, -0.1) is 0 Å². The van der Waals surface area contributed by atoms with Gasteiger partial charge in [0.1, 0.15) is 5.82 Å². The number of benzene rings is 1. The Hall–Kier alpha value is -1.92. The first-order valence-corrected chi connectivity index (χ1v) is 9.07. The summed E-state index contributed by atoms with van der Waals surface area (Å²) in [5.41, 5.74) is 4.44. The molecule has 0 aliphatic carbocycles. The topological polar surface area (TPSA) is 70.2 Å². The summed E-state index contributed by atoms with van der Waals surface area (Å²) in [6, 6.07) is 4.59. The summed E-state index contributed by atoms with van der Waals surface area (Å²) in [5.74, 6) is 0.877. The fourth-order valence-electron chi connectivity index (χ4n) is 3.22. The molecule has 1 aliphatic heterocycles. The number of ether oxygens (including phenoxy) is 1. The third-order valence-electron chi connectivity index (χ3n) is 5.06. The molecule has 2 aromatic rings. The van der Waals surface area contributed by atoms with E-state index in [0.29, 0.717) is 19.0 Å². The molecular weight excluding hydrogens is 316 g/mol. The number of morpholine rings is 1. The molecule has 6 nitrogen and oxygen atoms in total. The van der Waals surface area contributed by atoms with Crippen LogP contribution >= 0.6 is 0 Å². The number of aromatic amines is 1. The van der Waals surface area contributed by atoms with Gasteiger partial charge < -0.3 is 15.0 Å². The molecule has 1 saturated heterocycles. The van der Waals surface area contributed by atoms with Crippen molar-refractivity contribution in [2.45, 2.75) is 46.2 Å². The summed E-state index contributed by atoms with van der Waals surface area (Å²) in [4.78, 5) is 22.4. The van der Waals surface area contributed by atoms with Crippen LogP contribution in [0.25, 0.3) is 11.0 Å². The van der Waals surface area contributed by atoms with Crippen LogP contribution in [-0.2, 0) is 16.1 Å². The smallest absolute Gasteiger partial charge is 0.220 e. The van der Waals surface area contributed by atoms with E-state index in [0.717, 1.165) is 49.6 Å². The molecule has 0 unspecified atom stereocenters. The molecule has 1 aromatic heterocycles. The molecule has 1 amide bonds. The minimum Gasteiger partial charge on any atom is -0.379 e. The van der Waals surface area contributed by atoms with E-state index >= 15 is 0 Å². The molecule has 1 atom stereocenters. The van der Waals surface area contributed by atoms with E-state index in [4.69, 9.17) is 4.74 Å². The van der Waals surface area contributed by atoms with Gasteiger partial charge in [-0.2, -0.15) is 0 Å². The highest BCUT2D eigenvalue weighted by atomic mass is 16.5. The van der Waals surface area contributed by atoms with Crippen molar-refractivity contribution >= 4 is 16.9 Å². The maximum Gasteiger partial charge on any atom is 0.220 e. The SMILES string of the molecule is Cc1cc2nc(CNC(=O)CC[C@H](C)N3CCOCC3)[nH]c2cc1C. The molecule has 6 heteroatoms. The highest BCUT2D eigenvalue weighted by molar-refractivity contribution is 5.78. The van der Waals surface area contributed by atoms with Crippen LogP contribution in [-0.4, -0.2) is 53.1 Å². The van der Waals surface area contributed by atoms with E-state index in [1.807, 2.05) is 0 Å². The average molecular weight is 344 g/mol. The lowest BCUT2D eigenvalue weighted by molar-refractivity contribution is -0.121. The fraction of sp³-hybridized carbons (Fsp3) is 0.579. The van der Waals surface area contributed by atoms with Gasteiger partial charge >= 0.3 is 0 Å². The van der Waals surface area contributed by atoms with Gasteiger partial charge in [-0.1, -0.05) is 0 Å². The molecular formula is C19H28N4O2. The molecule has 3 rings (SSSR count). The summed E-state index contributed by atoms with van der Waals surface area (Å²) >= 11 is 0. The van der Waals surface area contributed by atoms with Crippen molar-refractivity contribution < 1.29 is 9.53 Å². The Morgan fingerprint density at radius 3 is 2.80 bits per heavy atom. The minimum absolute atomic E-state index is 0.0768. The quantitative estimate of drug-likeness (QED) is 0.844. The monoisotopic (exact) mass is 344 g/mol. The Labute approximate surface area is 149 Å². The third kappa shape index (κ3) is 4.58. The predicted octanol–water partition coefficient (Wildman–Crippen LogP) is 2.30. The Morgan fingerprint density at radius 1 is 1.32 bits per heavy atom. The summed E-state index contributed by atoms with van der Waals surface area (Å²) in [7, 11) is 0. The first kappa shape index (κ1) is 17.9. The van der Waals surface area contributed by atoms with Crippen LogP contribution in [0.4, 0.5) is 0 Å². The lowest BCUT2D eigenvalue weighted by Gasteiger charge is -2.32. The van der Waals surface area contributed by atoms with Crippen molar-refractivity contribution in [3.63, 3.8) is 0 Å². The Bertz CT molecular complexity index is 695. The van der Waals surface area contributed by atoms with Gasteiger partial charge in [0.2, 0.25) is 5.91 Å². The Kier molecular flexibility index (Phi) is 5.71. The summed E-state index contributed by atoms with van der Waals surface area (Å²) < 4.78 is 5.37. The number of carbonyl (C=O) groups excluding carboxylic acids is 1. The molecule has 1 aliphatic rings. The van der Waals surface area contributed by atoms with Gasteiger partial charge in [-0.3, -0.25) is 9.69 Å².